The second kappa shape index (κ2) is 4.65. The minimum absolute atomic E-state index is 0.0211. The van der Waals surface area contributed by atoms with Gasteiger partial charge in [0.25, 0.3) is 0 Å². The van der Waals surface area contributed by atoms with Crippen LogP contribution in [-0.2, 0) is 0 Å². The van der Waals surface area contributed by atoms with E-state index >= 15 is 0 Å². The molecule has 4 heteroatoms. The highest BCUT2D eigenvalue weighted by atomic mass is 16.6. The maximum absolute atomic E-state index is 10.8. The van der Waals surface area contributed by atoms with E-state index in [1.807, 2.05) is 30.3 Å². The molecule has 0 aliphatic heterocycles. The summed E-state index contributed by atoms with van der Waals surface area (Å²) in [6.45, 7) is 0. The van der Waals surface area contributed by atoms with E-state index in [0.717, 1.165) is 11.1 Å². The van der Waals surface area contributed by atoms with Crippen molar-refractivity contribution >= 4 is 5.69 Å². The summed E-state index contributed by atoms with van der Waals surface area (Å²) in [5, 5.41) is 10.8. The lowest BCUT2D eigenvalue weighted by atomic mass is 10.1. The van der Waals surface area contributed by atoms with Gasteiger partial charge in [0.2, 0.25) is 0 Å². The van der Waals surface area contributed by atoms with E-state index in [0.29, 0.717) is 0 Å². The zero-order valence-corrected chi connectivity index (χ0v) is 9.29. The Bertz CT molecular complexity index is 538. The molecule has 0 N–H and O–H groups in total. The van der Waals surface area contributed by atoms with Crippen LogP contribution >= 0.6 is 0 Å². The fraction of sp³-hybridized carbons (Fsp3) is 0.0769. The smallest absolute Gasteiger partial charge is 0.310 e. The van der Waals surface area contributed by atoms with Gasteiger partial charge < -0.3 is 4.74 Å². The van der Waals surface area contributed by atoms with Gasteiger partial charge in [-0.2, -0.15) is 0 Å². The van der Waals surface area contributed by atoms with Crippen LogP contribution in [0.15, 0.2) is 48.5 Å². The summed E-state index contributed by atoms with van der Waals surface area (Å²) in [5.41, 5.74) is 1.88. The molecule has 0 saturated carbocycles. The Balaban J connectivity index is 2.49. The van der Waals surface area contributed by atoms with Crippen LogP contribution in [0.25, 0.3) is 11.1 Å². The highest BCUT2D eigenvalue weighted by Gasteiger charge is 2.14. The summed E-state index contributed by atoms with van der Waals surface area (Å²) in [6.07, 6.45) is 0. The maximum Gasteiger partial charge on any atom is 0.310 e. The van der Waals surface area contributed by atoms with Crippen molar-refractivity contribution in [3.05, 3.63) is 58.6 Å². The van der Waals surface area contributed by atoms with Gasteiger partial charge in [-0.05, 0) is 23.3 Å². The first-order valence-corrected chi connectivity index (χ1v) is 5.10. The van der Waals surface area contributed by atoms with Gasteiger partial charge in [0.05, 0.1) is 12.0 Å². The van der Waals surface area contributed by atoms with Crippen molar-refractivity contribution in [2.45, 2.75) is 0 Å². The van der Waals surface area contributed by atoms with Crippen molar-refractivity contribution in [1.29, 1.82) is 0 Å². The first-order chi connectivity index (χ1) is 8.22. The Morgan fingerprint density at radius 2 is 1.76 bits per heavy atom. The number of benzene rings is 2. The molecule has 86 valence electrons. The first-order valence-electron chi connectivity index (χ1n) is 5.10. The molecule has 0 amide bonds. The second-order valence-electron chi connectivity index (χ2n) is 3.51. The Hall–Kier alpha value is -2.36. The minimum Gasteiger partial charge on any atom is -0.490 e. The van der Waals surface area contributed by atoms with Crippen LogP contribution in [0.4, 0.5) is 5.69 Å². The average molecular weight is 229 g/mol. The Morgan fingerprint density at radius 3 is 2.35 bits per heavy atom. The number of nitro benzene ring substituents is 1. The highest BCUT2D eigenvalue weighted by molar-refractivity contribution is 5.68. The molecule has 0 atom stereocenters. The molecule has 0 aliphatic rings. The van der Waals surface area contributed by atoms with E-state index in [1.54, 1.807) is 12.1 Å². The topological polar surface area (TPSA) is 52.4 Å². The molecule has 2 rings (SSSR count). The monoisotopic (exact) mass is 229 g/mol. The SMILES string of the molecule is COc1cc(-c2ccccc2)ccc1[N+](=O)[O-]. The normalized spacial score (nSPS) is 9.94. The van der Waals surface area contributed by atoms with E-state index in [4.69, 9.17) is 4.74 Å². The molecule has 0 spiro atoms. The molecule has 0 aliphatic carbocycles. The van der Waals surface area contributed by atoms with Crippen LogP contribution in [0.1, 0.15) is 0 Å². The van der Waals surface area contributed by atoms with Crippen LogP contribution in [0.3, 0.4) is 0 Å². The molecular weight excluding hydrogens is 218 g/mol. The Labute approximate surface area is 98.6 Å². The summed E-state index contributed by atoms with van der Waals surface area (Å²) in [5.74, 6) is 0.274. The lowest BCUT2D eigenvalue weighted by Crippen LogP contribution is -1.93. The summed E-state index contributed by atoms with van der Waals surface area (Å²) in [4.78, 5) is 10.3. The quantitative estimate of drug-likeness (QED) is 0.599. The molecule has 2 aromatic carbocycles. The molecule has 0 unspecified atom stereocenters. The van der Waals surface area contributed by atoms with Crippen molar-refractivity contribution < 1.29 is 9.66 Å². The minimum atomic E-state index is -0.451. The van der Waals surface area contributed by atoms with Crippen LogP contribution in [0, 0.1) is 10.1 Å². The molecule has 0 radical (unpaired) electrons. The summed E-state index contributed by atoms with van der Waals surface area (Å²) >= 11 is 0. The van der Waals surface area contributed by atoms with Gasteiger partial charge in [-0.1, -0.05) is 30.3 Å². The number of ether oxygens (including phenoxy) is 1. The van der Waals surface area contributed by atoms with E-state index in [1.165, 1.54) is 13.2 Å². The van der Waals surface area contributed by atoms with Gasteiger partial charge in [0.15, 0.2) is 5.75 Å². The molecule has 2 aromatic rings. The average Bonchev–Trinajstić information content (AvgIpc) is 2.39. The van der Waals surface area contributed by atoms with Gasteiger partial charge in [-0.3, -0.25) is 10.1 Å². The number of nitrogens with zero attached hydrogens (tertiary/aromatic N) is 1. The van der Waals surface area contributed by atoms with Crippen molar-refractivity contribution in [1.82, 2.24) is 0 Å². The van der Waals surface area contributed by atoms with Gasteiger partial charge in [0, 0.05) is 6.07 Å². The van der Waals surface area contributed by atoms with Crippen LogP contribution < -0.4 is 4.74 Å². The zero-order valence-electron chi connectivity index (χ0n) is 9.29. The predicted octanol–water partition coefficient (Wildman–Crippen LogP) is 3.27. The van der Waals surface area contributed by atoms with Crippen LogP contribution in [0.5, 0.6) is 5.75 Å². The molecule has 17 heavy (non-hydrogen) atoms. The molecule has 0 bridgehead atoms. The van der Waals surface area contributed by atoms with E-state index in [-0.39, 0.29) is 11.4 Å². The molecule has 4 nitrogen and oxygen atoms in total. The fourth-order valence-corrected chi connectivity index (χ4v) is 1.64. The van der Waals surface area contributed by atoms with Gasteiger partial charge in [-0.25, -0.2) is 0 Å². The summed E-state index contributed by atoms with van der Waals surface area (Å²) in [7, 11) is 1.43. The first kappa shape index (κ1) is 11.1. The maximum atomic E-state index is 10.8. The second-order valence-corrected chi connectivity index (χ2v) is 3.51. The third kappa shape index (κ3) is 2.25. The van der Waals surface area contributed by atoms with Crippen LogP contribution in [0.2, 0.25) is 0 Å². The van der Waals surface area contributed by atoms with Crippen molar-refractivity contribution in [2.24, 2.45) is 0 Å². The zero-order chi connectivity index (χ0) is 12.3. The molecule has 0 fully saturated rings. The highest BCUT2D eigenvalue weighted by Crippen LogP contribution is 2.31. The third-order valence-corrected chi connectivity index (χ3v) is 2.48. The van der Waals surface area contributed by atoms with Crippen LogP contribution in [-0.4, -0.2) is 12.0 Å². The lowest BCUT2D eigenvalue weighted by Gasteiger charge is -2.05. The molecule has 0 aromatic heterocycles. The summed E-state index contributed by atoms with van der Waals surface area (Å²) in [6, 6.07) is 14.5. The Morgan fingerprint density at radius 1 is 1.06 bits per heavy atom. The van der Waals surface area contributed by atoms with E-state index < -0.39 is 4.92 Å². The van der Waals surface area contributed by atoms with Gasteiger partial charge in [-0.15, -0.1) is 0 Å². The van der Waals surface area contributed by atoms with Gasteiger partial charge >= 0.3 is 5.69 Å². The molecular formula is C13H11NO3. The fourth-order valence-electron chi connectivity index (χ4n) is 1.64. The molecule has 0 saturated heterocycles. The van der Waals surface area contributed by atoms with Crippen molar-refractivity contribution in [3.63, 3.8) is 0 Å². The standard InChI is InChI=1S/C13H11NO3/c1-17-13-9-11(7-8-12(13)14(15)16)10-5-3-2-4-6-10/h2-9H,1H3. The van der Waals surface area contributed by atoms with E-state index in [9.17, 15) is 10.1 Å². The summed E-state index contributed by atoms with van der Waals surface area (Å²) < 4.78 is 5.03. The Kier molecular flexibility index (Phi) is 3.05. The number of hydrogen-bond acceptors (Lipinski definition) is 3. The number of nitro groups is 1. The largest absolute Gasteiger partial charge is 0.490 e. The van der Waals surface area contributed by atoms with Gasteiger partial charge in [0.1, 0.15) is 0 Å². The van der Waals surface area contributed by atoms with E-state index in [2.05, 4.69) is 0 Å². The number of methoxy groups -OCH3 is 1. The predicted molar refractivity (Wildman–Crippen MR) is 65.1 cm³/mol. The van der Waals surface area contributed by atoms with Crippen molar-refractivity contribution in [2.75, 3.05) is 7.11 Å². The number of hydrogen-bond donors (Lipinski definition) is 0. The molecule has 0 heterocycles. The third-order valence-electron chi connectivity index (χ3n) is 2.48. The lowest BCUT2D eigenvalue weighted by molar-refractivity contribution is -0.385. The van der Waals surface area contributed by atoms with Crippen molar-refractivity contribution in [3.8, 4) is 16.9 Å². The number of rotatable bonds is 3.